The summed E-state index contributed by atoms with van der Waals surface area (Å²) in [6, 6.07) is 1.73. The van der Waals surface area contributed by atoms with E-state index in [-0.39, 0.29) is 0 Å². The van der Waals surface area contributed by atoms with E-state index in [1.54, 1.807) is 22.9 Å². The fourth-order valence-corrected chi connectivity index (χ4v) is 1.76. The van der Waals surface area contributed by atoms with E-state index in [0.717, 1.165) is 0 Å². The molecule has 0 amide bonds. The van der Waals surface area contributed by atoms with Crippen LogP contribution < -0.4 is 0 Å². The van der Waals surface area contributed by atoms with Crippen molar-refractivity contribution in [1.29, 1.82) is 0 Å². The molecule has 0 saturated carbocycles. The number of aromatic nitrogens is 3. The molecule has 16 heavy (non-hydrogen) atoms. The fraction of sp³-hybridized carbons (Fsp3) is 0.400. The molecular weight excluding hydrogens is 230 g/mol. The van der Waals surface area contributed by atoms with E-state index in [9.17, 15) is 10.2 Å². The second-order valence-corrected chi connectivity index (χ2v) is 3.84. The van der Waals surface area contributed by atoms with Crippen LogP contribution in [0.5, 0.6) is 0 Å². The predicted molar refractivity (Wildman–Crippen MR) is 59.3 cm³/mol. The van der Waals surface area contributed by atoms with Crippen LogP contribution in [-0.2, 0) is 0 Å². The minimum absolute atomic E-state index is 0.299. The Balaban J connectivity index is 2.32. The molecule has 0 aliphatic rings. The molecule has 0 aliphatic carbocycles. The average molecular weight is 242 g/mol. The van der Waals surface area contributed by atoms with Gasteiger partial charge < -0.3 is 10.2 Å². The standard InChI is InChI=1S/C10H12ClN3O2/c11-3-2-8(15)9(16)7-6-13-10-12-4-1-5-14(7)10/h1,4-6,8-9,15-16H,2-3H2. The number of aliphatic hydroxyl groups is 2. The quantitative estimate of drug-likeness (QED) is 0.775. The number of halogens is 1. The highest BCUT2D eigenvalue weighted by Crippen LogP contribution is 2.19. The number of hydrogen-bond donors (Lipinski definition) is 2. The summed E-state index contributed by atoms with van der Waals surface area (Å²) >= 11 is 5.51. The number of alkyl halides is 1. The van der Waals surface area contributed by atoms with Crippen molar-refractivity contribution >= 4 is 17.4 Å². The van der Waals surface area contributed by atoms with E-state index in [0.29, 0.717) is 23.8 Å². The maximum atomic E-state index is 9.91. The summed E-state index contributed by atoms with van der Waals surface area (Å²) in [5.74, 6) is 0.794. The number of rotatable bonds is 4. The normalized spacial score (nSPS) is 15.2. The van der Waals surface area contributed by atoms with Crippen LogP contribution in [0, 0.1) is 0 Å². The SMILES string of the molecule is OC(CCCl)C(O)c1cnc2ncccn12. The van der Waals surface area contributed by atoms with Crippen molar-refractivity contribution in [3.05, 3.63) is 30.4 Å². The van der Waals surface area contributed by atoms with Crippen LogP contribution >= 0.6 is 11.6 Å². The molecule has 2 aromatic rings. The van der Waals surface area contributed by atoms with Gasteiger partial charge in [-0.15, -0.1) is 11.6 Å². The Labute approximate surface area is 97.3 Å². The van der Waals surface area contributed by atoms with Gasteiger partial charge in [-0.05, 0) is 12.5 Å². The molecule has 0 fully saturated rings. The number of fused-ring (bicyclic) bond motifs is 1. The molecule has 2 atom stereocenters. The lowest BCUT2D eigenvalue weighted by atomic mass is 10.1. The largest absolute Gasteiger partial charge is 0.390 e. The van der Waals surface area contributed by atoms with Crippen LogP contribution in [0.15, 0.2) is 24.7 Å². The van der Waals surface area contributed by atoms with E-state index in [4.69, 9.17) is 11.6 Å². The first-order valence-corrected chi connectivity index (χ1v) is 5.47. The highest BCUT2D eigenvalue weighted by atomic mass is 35.5. The van der Waals surface area contributed by atoms with E-state index in [2.05, 4.69) is 9.97 Å². The Bertz CT molecular complexity index is 474. The number of nitrogens with zero attached hydrogens (tertiary/aromatic N) is 3. The molecule has 0 aliphatic heterocycles. The lowest BCUT2D eigenvalue weighted by Crippen LogP contribution is -2.20. The van der Waals surface area contributed by atoms with Gasteiger partial charge >= 0.3 is 0 Å². The Kier molecular flexibility index (Phi) is 3.38. The Hall–Kier alpha value is -1.17. The molecule has 2 aromatic heterocycles. The highest BCUT2D eigenvalue weighted by molar-refractivity contribution is 6.17. The molecule has 2 unspecified atom stereocenters. The van der Waals surface area contributed by atoms with Crippen LogP contribution in [0.1, 0.15) is 18.2 Å². The summed E-state index contributed by atoms with van der Waals surface area (Å²) in [5, 5.41) is 19.6. The van der Waals surface area contributed by atoms with Crippen LogP contribution in [-0.4, -0.2) is 36.6 Å². The van der Waals surface area contributed by atoms with Gasteiger partial charge in [0.1, 0.15) is 6.10 Å². The molecule has 6 heteroatoms. The Morgan fingerprint density at radius 2 is 2.19 bits per heavy atom. The number of imidazole rings is 1. The molecule has 86 valence electrons. The van der Waals surface area contributed by atoms with Crippen molar-refractivity contribution in [2.24, 2.45) is 0 Å². The highest BCUT2D eigenvalue weighted by Gasteiger charge is 2.21. The average Bonchev–Trinajstić information content (AvgIpc) is 2.72. The number of aliphatic hydroxyl groups excluding tert-OH is 2. The summed E-state index contributed by atoms with van der Waals surface area (Å²) in [5.41, 5.74) is 0.515. The fourth-order valence-electron chi connectivity index (χ4n) is 1.53. The molecule has 0 spiro atoms. The summed E-state index contributed by atoms with van der Waals surface area (Å²) in [4.78, 5) is 8.05. The molecule has 2 rings (SSSR count). The van der Waals surface area contributed by atoms with Crippen LogP contribution in [0.25, 0.3) is 5.78 Å². The molecule has 2 N–H and O–H groups in total. The molecule has 2 heterocycles. The first kappa shape index (κ1) is 11.3. The molecule has 0 bridgehead atoms. The maximum absolute atomic E-state index is 9.91. The zero-order chi connectivity index (χ0) is 11.5. The van der Waals surface area contributed by atoms with Crippen LogP contribution in [0.4, 0.5) is 0 Å². The predicted octanol–water partition coefficient (Wildman–Crippen LogP) is 0.752. The maximum Gasteiger partial charge on any atom is 0.233 e. The molecule has 0 radical (unpaired) electrons. The Morgan fingerprint density at radius 1 is 1.38 bits per heavy atom. The second-order valence-electron chi connectivity index (χ2n) is 3.46. The van der Waals surface area contributed by atoms with Gasteiger partial charge in [0.05, 0.1) is 18.0 Å². The van der Waals surface area contributed by atoms with Crippen LogP contribution in [0.2, 0.25) is 0 Å². The zero-order valence-corrected chi connectivity index (χ0v) is 9.25. The van der Waals surface area contributed by atoms with E-state index in [1.807, 2.05) is 0 Å². The van der Waals surface area contributed by atoms with Gasteiger partial charge in [-0.1, -0.05) is 0 Å². The van der Waals surface area contributed by atoms with E-state index >= 15 is 0 Å². The summed E-state index contributed by atoms with van der Waals surface area (Å²) in [6.45, 7) is 0. The van der Waals surface area contributed by atoms with Gasteiger partial charge in [0.15, 0.2) is 0 Å². The molecular formula is C10H12ClN3O2. The lowest BCUT2D eigenvalue weighted by Gasteiger charge is -2.16. The van der Waals surface area contributed by atoms with Gasteiger partial charge in [0, 0.05) is 18.3 Å². The summed E-state index contributed by atoms with van der Waals surface area (Å²) in [6.07, 6.45) is 3.30. The second kappa shape index (κ2) is 4.78. The smallest absolute Gasteiger partial charge is 0.233 e. The third kappa shape index (κ3) is 2.02. The van der Waals surface area contributed by atoms with Gasteiger partial charge in [-0.25, -0.2) is 9.97 Å². The first-order valence-electron chi connectivity index (χ1n) is 4.94. The molecule has 5 nitrogen and oxygen atoms in total. The van der Waals surface area contributed by atoms with Crippen molar-refractivity contribution in [3.8, 4) is 0 Å². The van der Waals surface area contributed by atoms with Crippen LogP contribution in [0.3, 0.4) is 0 Å². The van der Waals surface area contributed by atoms with Crippen molar-refractivity contribution in [1.82, 2.24) is 14.4 Å². The van der Waals surface area contributed by atoms with E-state index < -0.39 is 12.2 Å². The minimum atomic E-state index is -1.00. The van der Waals surface area contributed by atoms with Crippen molar-refractivity contribution in [2.75, 3.05) is 5.88 Å². The molecule has 0 saturated heterocycles. The Morgan fingerprint density at radius 3 is 2.94 bits per heavy atom. The third-order valence-electron chi connectivity index (χ3n) is 2.39. The van der Waals surface area contributed by atoms with Gasteiger partial charge in [0.2, 0.25) is 5.78 Å². The van der Waals surface area contributed by atoms with Gasteiger partial charge in [0.25, 0.3) is 0 Å². The number of hydrogen-bond acceptors (Lipinski definition) is 4. The zero-order valence-electron chi connectivity index (χ0n) is 8.49. The van der Waals surface area contributed by atoms with Crippen molar-refractivity contribution in [3.63, 3.8) is 0 Å². The third-order valence-corrected chi connectivity index (χ3v) is 2.61. The topological polar surface area (TPSA) is 70.7 Å². The van der Waals surface area contributed by atoms with E-state index in [1.165, 1.54) is 6.20 Å². The summed E-state index contributed by atoms with van der Waals surface area (Å²) in [7, 11) is 0. The van der Waals surface area contributed by atoms with Gasteiger partial charge in [-0.2, -0.15) is 0 Å². The monoisotopic (exact) mass is 241 g/mol. The lowest BCUT2D eigenvalue weighted by molar-refractivity contribution is 0.0139. The first-order chi connectivity index (χ1) is 7.74. The minimum Gasteiger partial charge on any atom is -0.390 e. The summed E-state index contributed by atoms with van der Waals surface area (Å²) < 4.78 is 1.64. The van der Waals surface area contributed by atoms with Gasteiger partial charge in [-0.3, -0.25) is 4.40 Å². The molecule has 0 aromatic carbocycles. The van der Waals surface area contributed by atoms with Crippen molar-refractivity contribution in [2.45, 2.75) is 18.6 Å². The van der Waals surface area contributed by atoms with Crippen molar-refractivity contribution < 1.29 is 10.2 Å².